The van der Waals surface area contributed by atoms with Crippen LogP contribution >= 0.6 is 0 Å². The lowest BCUT2D eigenvalue weighted by atomic mass is 10.3. The third-order valence-electron chi connectivity index (χ3n) is 1.54. The minimum absolute atomic E-state index is 0.292. The Balaban J connectivity index is 4.14. The maximum Gasteiger partial charge on any atom is 0.333 e. The summed E-state index contributed by atoms with van der Waals surface area (Å²) in [4.78, 5) is 32.8. The Morgan fingerprint density at radius 1 is 1.25 bits per heavy atom. The number of carbonyl (C=O) groups excluding carboxylic acids is 3. The summed E-state index contributed by atoms with van der Waals surface area (Å²) in [6, 6.07) is 0. The van der Waals surface area contributed by atoms with Gasteiger partial charge in [0.2, 0.25) is 6.29 Å². The van der Waals surface area contributed by atoms with Gasteiger partial charge in [-0.05, 0) is 13.8 Å². The average Bonchev–Trinajstić information content (AvgIpc) is 2.15. The van der Waals surface area contributed by atoms with E-state index in [9.17, 15) is 14.4 Å². The van der Waals surface area contributed by atoms with E-state index in [4.69, 9.17) is 9.47 Å². The number of esters is 2. The number of ether oxygens (including phenoxy) is 2. The molecule has 0 aliphatic carbocycles. The lowest BCUT2D eigenvalue weighted by Gasteiger charge is -2.15. The molecule has 0 radical (unpaired) electrons. The molecule has 0 bridgehead atoms. The van der Waals surface area contributed by atoms with E-state index in [1.165, 1.54) is 19.1 Å². The number of Topliss-reactive ketones (excluding diaryl/α,β-unsaturated/α-hetero) is 1. The second kappa shape index (κ2) is 7.62. The predicted molar refractivity (Wildman–Crippen MR) is 56.4 cm³/mol. The van der Waals surface area contributed by atoms with Gasteiger partial charge in [-0.15, -0.1) is 0 Å². The van der Waals surface area contributed by atoms with Gasteiger partial charge in [-0.3, -0.25) is 9.59 Å². The molecule has 0 N–H and O–H groups in total. The van der Waals surface area contributed by atoms with E-state index in [2.05, 4.69) is 0 Å². The number of ketones is 1. The Labute approximate surface area is 94.4 Å². The standard InChI is InChI=1S/C11H16O5/c1-4-6-9(13)15-11(5-2)16-10(14)7-8(3)12/h4,6,11H,5,7H2,1-3H3. The van der Waals surface area contributed by atoms with Gasteiger partial charge in [0.25, 0.3) is 0 Å². The van der Waals surface area contributed by atoms with Crippen LogP contribution in [0.3, 0.4) is 0 Å². The third kappa shape index (κ3) is 6.75. The van der Waals surface area contributed by atoms with Crippen LogP contribution < -0.4 is 0 Å². The molecule has 0 heterocycles. The SMILES string of the molecule is CC=CC(=O)OC(CC)OC(=O)CC(C)=O. The highest BCUT2D eigenvalue weighted by atomic mass is 16.7. The van der Waals surface area contributed by atoms with Crippen molar-refractivity contribution in [2.24, 2.45) is 0 Å². The summed E-state index contributed by atoms with van der Waals surface area (Å²) < 4.78 is 9.60. The minimum Gasteiger partial charge on any atom is -0.425 e. The van der Waals surface area contributed by atoms with Gasteiger partial charge >= 0.3 is 11.9 Å². The van der Waals surface area contributed by atoms with Crippen molar-refractivity contribution in [3.63, 3.8) is 0 Å². The quantitative estimate of drug-likeness (QED) is 0.297. The number of allylic oxidation sites excluding steroid dienone is 1. The number of carbonyl (C=O) groups is 3. The highest BCUT2D eigenvalue weighted by molar-refractivity contribution is 5.94. The van der Waals surface area contributed by atoms with E-state index >= 15 is 0 Å². The zero-order chi connectivity index (χ0) is 12.6. The van der Waals surface area contributed by atoms with Gasteiger partial charge in [0, 0.05) is 12.5 Å². The van der Waals surface area contributed by atoms with E-state index < -0.39 is 18.2 Å². The van der Waals surface area contributed by atoms with E-state index in [0.29, 0.717) is 6.42 Å². The van der Waals surface area contributed by atoms with Gasteiger partial charge in [-0.2, -0.15) is 0 Å². The Bertz CT molecular complexity index is 293. The minimum atomic E-state index is -0.935. The molecular weight excluding hydrogens is 212 g/mol. The van der Waals surface area contributed by atoms with Crippen molar-refractivity contribution in [1.29, 1.82) is 0 Å². The van der Waals surface area contributed by atoms with Crippen LogP contribution in [0.25, 0.3) is 0 Å². The van der Waals surface area contributed by atoms with Gasteiger partial charge in [-0.25, -0.2) is 4.79 Å². The van der Waals surface area contributed by atoms with Crippen molar-refractivity contribution in [3.8, 4) is 0 Å². The van der Waals surface area contributed by atoms with Crippen LogP contribution in [-0.4, -0.2) is 24.0 Å². The van der Waals surface area contributed by atoms with Crippen molar-refractivity contribution < 1.29 is 23.9 Å². The molecule has 0 aliphatic rings. The summed E-state index contributed by atoms with van der Waals surface area (Å²) in [6.07, 6.45) is 1.84. The topological polar surface area (TPSA) is 69.7 Å². The normalized spacial score (nSPS) is 12.2. The van der Waals surface area contributed by atoms with Gasteiger partial charge < -0.3 is 9.47 Å². The molecule has 0 aromatic rings. The van der Waals surface area contributed by atoms with Crippen molar-refractivity contribution in [2.75, 3.05) is 0 Å². The van der Waals surface area contributed by atoms with Gasteiger partial charge in [0.05, 0.1) is 0 Å². The summed E-state index contributed by atoms with van der Waals surface area (Å²) in [7, 11) is 0. The molecule has 0 amide bonds. The van der Waals surface area contributed by atoms with E-state index in [1.54, 1.807) is 13.8 Å². The van der Waals surface area contributed by atoms with E-state index in [1.807, 2.05) is 0 Å². The number of hydrogen-bond acceptors (Lipinski definition) is 5. The summed E-state index contributed by atoms with van der Waals surface area (Å²) in [5, 5.41) is 0. The molecule has 90 valence electrons. The maximum absolute atomic E-state index is 11.1. The van der Waals surface area contributed by atoms with Crippen LogP contribution in [0.5, 0.6) is 0 Å². The van der Waals surface area contributed by atoms with E-state index in [-0.39, 0.29) is 12.2 Å². The fourth-order valence-electron chi connectivity index (χ4n) is 0.887. The molecule has 0 fully saturated rings. The van der Waals surface area contributed by atoms with Crippen LogP contribution in [0.4, 0.5) is 0 Å². The molecule has 5 nitrogen and oxygen atoms in total. The number of hydrogen-bond donors (Lipinski definition) is 0. The molecule has 0 rings (SSSR count). The fourth-order valence-corrected chi connectivity index (χ4v) is 0.887. The van der Waals surface area contributed by atoms with Gasteiger partial charge in [0.15, 0.2) is 0 Å². The second-order valence-corrected chi connectivity index (χ2v) is 3.14. The largest absolute Gasteiger partial charge is 0.425 e. The zero-order valence-electron chi connectivity index (χ0n) is 9.69. The first-order valence-electron chi connectivity index (χ1n) is 5.01. The van der Waals surface area contributed by atoms with Crippen LogP contribution in [-0.2, 0) is 23.9 Å². The third-order valence-corrected chi connectivity index (χ3v) is 1.54. The Morgan fingerprint density at radius 3 is 2.31 bits per heavy atom. The van der Waals surface area contributed by atoms with Crippen molar-refractivity contribution in [3.05, 3.63) is 12.2 Å². The summed E-state index contributed by atoms with van der Waals surface area (Å²) in [6.45, 7) is 4.66. The molecule has 0 aromatic carbocycles. The van der Waals surface area contributed by atoms with E-state index in [0.717, 1.165) is 0 Å². The Kier molecular flexibility index (Phi) is 6.83. The van der Waals surface area contributed by atoms with Gasteiger partial charge in [0.1, 0.15) is 12.2 Å². The average molecular weight is 228 g/mol. The monoisotopic (exact) mass is 228 g/mol. The predicted octanol–water partition coefficient (Wildman–Crippen LogP) is 1.36. The smallest absolute Gasteiger partial charge is 0.333 e. The summed E-state index contributed by atoms with van der Waals surface area (Å²) >= 11 is 0. The van der Waals surface area contributed by atoms with Crippen LogP contribution in [0, 0.1) is 0 Å². The lowest BCUT2D eigenvalue weighted by Crippen LogP contribution is -2.24. The molecule has 0 aliphatic heterocycles. The maximum atomic E-state index is 11.1. The molecule has 0 aromatic heterocycles. The zero-order valence-corrected chi connectivity index (χ0v) is 9.69. The first-order chi connectivity index (χ1) is 7.49. The van der Waals surface area contributed by atoms with Crippen molar-refractivity contribution in [2.45, 2.75) is 39.9 Å². The number of rotatable bonds is 6. The molecule has 1 unspecified atom stereocenters. The van der Waals surface area contributed by atoms with Crippen LogP contribution in [0.15, 0.2) is 12.2 Å². The van der Waals surface area contributed by atoms with Crippen LogP contribution in [0.1, 0.15) is 33.6 Å². The molecule has 16 heavy (non-hydrogen) atoms. The summed E-state index contributed by atoms with van der Waals surface area (Å²) in [5.74, 6) is -1.56. The molecular formula is C11H16O5. The molecule has 0 saturated heterocycles. The highest BCUT2D eigenvalue weighted by Gasteiger charge is 2.16. The Morgan fingerprint density at radius 2 is 1.88 bits per heavy atom. The fraction of sp³-hybridized carbons (Fsp3) is 0.545. The molecule has 0 spiro atoms. The summed E-state index contributed by atoms with van der Waals surface area (Å²) in [5.41, 5.74) is 0. The first kappa shape index (κ1) is 14.3. The molecule has 0 saturated carbocycles. The van der Waals surface area contributed by atoms with Crippen LogP contribution in [0.2, 0.25) is 0 Å². The molecule has 1 atom stereocenters. The van der Waals surface area contributed by atoms with Crippen molar-refractivity contribution >= 4 is 17.7 Å². The Hall–Kier alpha value is -1.65. The lowest BCUT2D eigenvalue weighted by molar-refractivity contribution is -0.184. The molecule has 5 heteroatoms. The highest BCUT2D eigenvalue weighted by Crippen LogP contribution is 2.03. The first-order valence-corrected chi connectivity index (χ1v) is 5.01. The van der Waals surface area contributed by atoms with Crippen molar-refractivity contribution in [1.82, 2.24) is 0 Å². The second-order valence-electron chi connectivity index (χ2n) is 3.14. The van der Waals surface area contributed by atoms with Gasteiger partial charge in [-0.1, -0.05) is 13.0 Å².